The van der Waals surface area contributed by atoms with E-state index in [1.165, 1.54) is 13.2 Å². The number of halogens is 1. The molecule has 3 nitrogen and oxygen atoms in total. The number of hydrogen-bond donors (Lipinski definition) is 1. The highest BCUT2D eigenvalue weighted by atomic mass is 19.1. The predicted molar refractivity (Wildman–Crippen MR) is 44.6 cm³/mol. The van der Waals surface area contributed by atoms with Crippen LogP contribution in [-0.2, 0) is 0 Å². The monoisotopic (exact) mass is 184 g/mol. The van der Waals surface area contributed by atoms with Gasteiger partial charge in [0.2, 0.25) is 0 Å². The van der Waals surface area contributed by atoms with Crippen molar-refractivity contribution in [2.75, 3.05) is 7.11 Å². The number of methoxy groups -OCH3 is 1. The summed E-state index contributed by atoms with van der Waals surface area (Å²) in [6, 6.07) is 2.31. The molecular formula is C9H9FO3. The van der Waals surface area contributed by atoms with Crippen LogP contribution < -0.4 is 4.74 Å². The highest BCUT2D eigenvalue weighted by Gasteiger charge is 2.12. The maximum atomic E-state index is 13.0. The Balaban J connectivity index is 3.28. The summed E-state index contributed by atoms with van der Waals surface area (Å²) in [6.45, 7) is 1.59. The van der Waals surface area contributed by atoms with Crippen molar-refractivity contribution in [3.05, 3.63) is 29.1 Å². The summed E-state index contributed by atoms with van der Waals surface area (Å²) in [6.07, 6.45) is 0. The molecule has 0 aliphatic heterocycles. The van der Waals surface area contributed by atoms with Gasteiger partial charge in [-0.1, -0.05) is 0 Å². The Hall–Kier alpha value is -1.58. The molecule has 0 unspecified atom stereocenters. The number of ether oxygens (including phenoxy) is 1. The molecule has 0 heterocycles. The quantitative estimate of drug-likeness (QED) is 0.762. The maximum Gasteiger partial charge on any atom is 0.336 e. The normalized spacial score (nSPS) is 9.77. The summed E-state index contributed by atoms with van der Waals surface area (Å²) >= 11 is 0. The van der Waals surface area contributed by atoms with Crippen LogP contribution in [0.4, 0.5) is 4.39 Å². The standard InChI is InChI=1S/C9H9FO3/c1-5-3-8(13-2)7(10)4-6(5)9(11)12/h3-4H,1-2H3,(H,11,12). The molecule has 0 atom stereocenters. The average Bonchev–Trinajstić information content (AvgIpc) is 2.07. The summed E-state index contributed by atoms with van der Waals surface area (Å²) in [5, 5.41) is 8.65. The van der Waals surface area contributed by atoms with Crippen molar-refractivity contribution in [2.24, 2.45) is 0 Å². The number of aromatic carboxylic acids is 1. The second-order valence-corrected chi connectivity index (χ2v) is 2.61. The number of rotatable bonds is 2. The highest BCUT2D eigenvalue weighted by Crippen LogP contribution is 2.21. The molecule has 0 spiro atoms. The first-order valence-corrected chi connectivity index (χ1v) is 3.63. The molecule has 1 aromatic rings. The number of carboxylic acid groups (broad SMARTS) is 1. The molecular weight excluding hydrogens is 175 g/mol. The smallest absolute Gasteiger partial charge is 0.336 e. The molecule has 0 saturated heterocycles. The van der Waals surface area contributed by atoms with Crippen molar-refractivity contribution in [2.45, 2.75) is 6.92 Å². The van der Waals surface area contributed by atoms with E-state index >= 15 is 0 Å². The third kappa shape index (κ3) is 1.77. The summed E-state index contributed by atoms with van der Waals surface area (Å²) in [4.78, 5) is 10.6. The SMILES string of the molecule is COc1cc(C)c(C(=O)O)cc1F. The number of carbonyl (C=O) groups is 1. The Kier molecular flexibility index (Phi) is 2.51. The molecule has 0 bridgehead atoms. The molecule has 0 aromatic heterocycles. The molecule has 1 N–H and O–H groups in total. The van der Waals surface area contributed by atoms with E-state index in [-0.39, 0.29) is 11.3 Å². The van der Waals surface area contributed by atoms with E-state index in [1.54, 1.807) is 6.92 Å². The van der Waals surface area contributed by atoms with Gasteiger partial charge in [0.1, 0.15) is 0 Å². The molecule has 0 aliphatic rings. The van der Waals surface area contributed by atoms with Crippen LogP contribution in [0.5, 0.6) is 5.75 Å². The van der Waals surface area contributed by atoms with Gasteiger partial charge in [-0.2, -0.15) is 0 Å². The number of aryl methyl sites for hydroxylation is 1. The minimum Gasteiger partial charge on any atom is -0.494 e. The number of hydrogen-bond acceptors (Lipinski definition) is 2. The first-order valence-electron chi connectivity index (χ1n) is 3.63. The van der Waals surface area contributed by atoms with Crippen molar-refractivity contribution >= 4 is 5.97 Å². The Morgan fingerprint density at radius 2 is 2.15 bits per heavy atom. The van der Waals surface area contributed by atoms with Gasteiger partial charge in [0.05, 0.1) is 12.7 Å². The van der Waals surface area contributed by atoms with Gasteiger partial charge in [0, 0.05) is 0 Å². The van der Waals surface area contributed by atoms with E-state index in [4.69, 9.17) is 9.84 Å². The lowest BCUT2D eigenvalue weighted by Crippen LogP contribution is -2.01. The Labute approximate surface area is 74.8 Å². The molecule has 0 amide bonds. The van der Waals surface area contributed by atoms with Gasteiger partial charge in [-0.05, 0) is 24.6 Å². The van der Waals surface area contributed by atoms with Gasteiger partial charge in [0.15, 0.2) is 11.6 Å². The fraction of sp³-hybridized carbons (Fsp3) is 0.222. The predicted octanol–water partition coefficient (Wildman–Crippen LogP) is 1.84. The zero-order valence-electron chi connectivity index (χ0n) is 7.30. The second kappa shape index (κ2) is 3.43. The van der Waals surface area contributed by atoms with Crippen molar-refractivity contribution in [3.8, 4) is 5.75 Å². The Morgan fingerprint density at radius 3 is 2.62 bits per heavy atom. The van der Waals surface area contributed by atoms with Crippen LogP contribution in [0, 0.1) is 12.7 Å². The molecule has 0 fully saturated rings. The second-order valence-electron chi connectivity index (χ2n) is 2.61. The molecule has 1 rings (SSSR count). The largest absolute Gasteiger partial charge is 0.494 e. The van der Waals surface area contributed by atoms with Crippen molar-refractivity contribution in [3.63, 3.8) is 0 Å². The first-order chi connectivity index (χ1) is 6.06. The van der Waals surface area contributed by atoms with Crippen LogP contribution in [0.25, 0.3) is 0 Å². The lowest BCUT2D eigenvalue weighted by Gasteiger charge is -2.05. The van der Waals surface area contributed by atoms with Crippen LogP contribution in [0.2, 0.25) is 0 Å². The molecule has 4 heteroatoms. The average molecular weight is 184 g/mol. The first kappa shape index (κ1) is 9.51. The lowest BCUT2D eigenvalue weighted by molar-refractivity contribution is 0.0695. The van der Waals surface area contributed by atoms with Crippen molar-refractivity contribution in [1.29, 1.82) is 0 Å². The lowest BCUT2D eigenvalue weighted by atomic mass is 10.1. The third-order valence-electron chi connectivity index (χ3n) is 1.73. The van der Waals surface area contributed by atoms with E-state index in [9.17, 15) is 9.18 Å². The van der Waals surface area contributed by atoms with Gasteiger partial charge < -0.3 is 9.84 Å². The fourth-order valence-corrected chi connectivity index (χ4v) is 1.04. The van der Waals surface area contributed by atoms with Crippen molar-refractivity contribution < 1.29 is 19.0 Å². The van der Waals surface area contributed by atoms with Gasteiger partial charge in [-0.25, -0.2) is 9.18 Å². The van der Waals surface area contributed by atoms with Crippen LogP contribution in [0.3, 0.4) is 0 Å². The Bertz CT molecular complexity index is 347. The van der Waals surface area contributed by atoms with Crippen LogP contribution in [-0.4, -0.2) is 18.2 Å². The van der Waals surface area contributed by atoms with Gasteiger partial charge in [0.25, 0.3) is 0 Å². The van der Waals surface area contributed by atoms with Gasteiger partial charge in [-0.15, -0.1) is 0 Å². The minimum absolute atomic E-state index is 0.0432. The van der Waals surface area contributed by atoms with Crippen LogP contribution >= 0.6 is 0 Å². The molecule has 1 aromatic carbocycles. The van der Waals surface area contributed by atoms with Crippen molar-refractivity contribution in [1.82, 2.24) is 0 Å². The van der Waals surface area contributed by atoms with Gasteiger partial charge >= 0.3 is 5.97 Å². The van der Waals surface area contributed by atoms with E-state index in [0.29, 0.717) is 5.56 Å². The van der Waals surface area contributed by atoms with Crippen LogP contribution in [0.1, 0.15) is 15.9 Å². The fourth-order valence-electron chi connectivity index (χ4n) is 1.04. The zero-order valence-corrected chi connectivity index (χ0v) is 7.30. The Morgan fingerprint density at radius 1 is 1.54 bits per heavy atom. The zero-order chi connectivity index (χ0) is 10.0. The number of benzene rings is 1. The summed E-state index contributed by atoms with van der Waals surface area (Å²) in [5.74, 6) is -1.74. The molecule has 0 radical (unpaired) electrons. The summed E-state index contributed by atoms with van der Waals surface area (Å²) in [7, 11) is 1.33. The summed E-state index contributed by atoms with van der Waals surface area (Å²) in [5.41, 5.74) is 0.434. The van der Waals surface area contributed by atoms with Gasteiger partial charge in [-0.3, -0.25) is 0 Å². The summed E-state index contributed by atoms with van der Waals surface area (Å²) < 4.78 is 17.7. The molecule has 70 valence electrons. The van der Waals surface area contributed by atoms with E-state index in [2.05, 4.69) is 0 Å². The molecule has 13 heavy (non-hydrogen) atoms. The van der Waals surface area contributed by atoms with E-state index < -0.39 is 11.8 Å². The third-order valence-corrected chi connectivity index (χ3v) is 1.73. The van der Waals surface area contributed by atoms with E-state index in [1.807, 2.05) is 0 Å². The molecule has 0 aliphatic carbocycles. The topological polar surface area (TPSA) is 46.5 Å². The molecule has 0 saturated carbocycles. The minimum atomic E-state index is -1.14. The highest BCUT2D eigenvalue weighted by molar-refractivity contribution is 5.89. The number of carboxylic acids is 1. The maximum absolute atomic E-state index is 13.0. The van der Waals surface area contributed by atoms with Crippen LogP contribution in [0.15, 0.2) is 12.1 Å². The van der Waals surface area contributed by atoms with E-state index in [0.717, 1.165) is 6.07 Å².